The Morgan fingerprint density at radius 2 is 2.00 bits per heavy atom. The molecule has 0 saturated carbocycles. The fraction of sp³-hybridized carbons (Fsp3) is 0.333. The number of aryl methyl sites for hydroxylation is 2. The zero-order chi connectivity index (χ0) is 21.5. The summed E-state index contributed by atoms with van der Waals surface area (Å²) in [6, 6.07) is 12.7. The molecular formula is C24H27FN2O3. The van der Waals surface area contributed by atoms with Crippen LogP contribution in [0.4, 0.5) is 4.39 Å². The number of aliphatic carboxylic acids is 1. The average Bonchev–Trinajstić information content (AvgIpc) is 2.72. The van der Waals surface area contributed by atoms with Crippen molar-refractivity contribution in [3.8, 4) is 0 Å². The summed E-state index contributed by atoms with van der Waals surface area (Å²) >= 11 is 0. The van der Waals surface area contributed by atoms with Crippen molar-refractivity contribution in [2.75, 3.05) is 26.2 Å². The first-order valence-electron chi connectivity index (χ1n) is 10.1. The number of carbonyl (C=O) groups is 1. The van der Waals surface area contributed by atoms with E-state index >= 15 is 0 Å². The van der Waals surface area contributed by atoms with Crippen molar-refractivity contribution in [2.24, 2.45) is 5.16 Å². The molecule has 30 heavy (non-hydrogen) atoms. The van der Waals surface area contributed by atoms with Gasteiger partial charge < -0.3 is 9.94 Å². The number of rotatable bonds is 8. The summed E-state index contributed by atoms with van der Waals surface area (Å²) in [5.41, 5.74) is 5.17. The van der Waals surface area contributed by atoms with Crippen LogP contribution >= 0.6 is 0 Å². The first kappa shape index (κ1) is 21.7. The van der Waals surface area contributed by atoms with Gasteiger partial charge in [0.05, 0.1) is 5.71 Å². The Bertz CT molecular complexity index is 969. The Labute approximate surface area is 176 Å². The molecule has 0 unspecified atom stereocenters. The van der Waals surface area contributed by atoms with Crippen LogP contribution < -0.4 is 0 Å². The molecule has 0 aromatic heterocycles. The van der Waals surface area contributed by atoms with Gasteiger partial charge in [-0.1, -0.05) is 41.6 Å². The van der Waals surface area contributed by atoms with Crippen LogP contribution in [-0.4, -0.2) is 47.9 Å². The van der Waals surface area contributed by atoms with E-state index in [-0.39, 0.29) is 5.82 Å². The smallest absolute Gasteiger partial charge is 0.332 e. The Balaban J connectivity index is 1.69. The summed E-state index contributed by atoms with van der Waals surface area (Å²) in [7, 11) is 0. The zero-order valence-electron chi connectivity index (χ0n) is 17.4. The lowest BCUT2D eigenvalue weighted by Crippen LogP contribution is -2.34. The minimum absolute atomic E-state index is 0.252. The van der Waals surface area contributed by atoms with Gasteiger partial charge in [-0.05, 0) is 49.1 Å². The van der Waals surface area contributed by atoms with Gasteiger partial charge in [-0.25, -0.2) is 9.18 Å². The van der Waals surface area contributed by atoms with Crippen LogP contribution in [0.2, 0.25) is 0 Å². The third-order valence-electron chi connectivity index (χ3n) is 5.30. The van der Waals surface area contributed by atoms with E-state index in [1.807, 2.05) is 38.1 Å². The zero-order valence-corrected chi connectivity index (χ0v) is 17.4. The molecule has 0 amide bonds. The van der Waals surface area contributed by atoms with Gasteiger partial charge in [0.1, 0.15) is 12.4 Å². The molecule has 1 aliphatic rings. The first-order valence-corrected chi connectivity index (χ1v) is 10.1. The van der Waals surface area contributed by atoms with Gasteiger partial charge >= 0.3 is 5.97 Å². The fourth-order valence-corrected chi connectivity index (χ4v) is 3.56. The Hall–Kier alpha value is -2.99. The largest absolute Gasteiger partial charge is 0.478 e. The Morgan fingerprint density at radius 1 is 1.20 bits per heavy atom. The van der Waals surface area contributed by atoms with Gasteiger partial charge in [-0.2, -0.15) is 0 Å². The molecule has 0 atom stereocenters. The van der Waals surface area contributed by atoms with Crippen molar-refractivity contribution >= 4 is 11.7 Å². The fourth-order valence-electron chi connectivity index (χ4n) is 3.56. The number of nitrogens with zero attached hydrogens (tertiary/aromatic N) is 2. The topological polar surface area (TPSA) is 62.1 Å². The molecule has 0 saturated heterocycles. The second-order valence-corrected chi connectivity index (χ2v) is 7.53. The molecule has 3 rings (SSSR count). The van der Waals surface area contributed by atoms with Gasteiger partial charge in [0.25, 0.3) is 0 Å². The lowest BCUT2D eigenvalue weighted by molar-refractivity contribution is -0.133. The molecule has 158 valence electrons. The van der Waals surface area contributed by atoms with Crippen molar-refractivity contribution in [3.05, 3.63) is 82.2 Å². The molecule has 1 N–H and O–H groups in total. The second kappa shape index (κ2) is 10.2. The number of oxime groups is 1. The van der Waals surface area contributed by atoms with Crippen LogP contribution in [0.1, 0.15) is 28.7 Å². The number of hydrogen-bond acceptors (Lipinski definition) is 4. The van der Waals surface area contributed by atoms with Crippen LogP contribution in [0.15, 0.2) is 59.3 Å². The quantitative estimate of drug-likeness (QED) is 0.404. The van der Waals surface area contributed by atoms with E-state index in [9.17, 15) is 9.18 Å². The van der Waals surface area contributed by atoms with Crippen LogP contribution in [0, 0.1) is 19.7 Å². The van der Waals surface area contributed by atoms with Gasteiger partial charge in [0.15, 0.2) is 0 Å². The molecule has 6 heteroatoms. The van der Waals surface area contributed by atoms with Crippen LogP contribution in [0.3, 0.4) is 0 Å². The predicted molar refractivity (Wildman–Crippen MR) is 115 cm³/mol. The maximum Gasteiger partial charge on any atom is 0.332 e. The summed E-state index contributed by atoms with van der Waals surface area (Å²) in [6.45, 7) is 6.11. The highest BCUT2D eigenvalue weighted by Gasteiger charge is 2.17. The van der Waals surface area contributed by atoms with Gasteiger partial charge in [-0.3, -0.25) is 4.90 Å². The second-order valence-electron chi connectivity index (χ2n) is 7.53. The third-order valence-corrected chi connectivity index (χ3v) is 5.30. The normalized spacial score (nSPS) is 15.0. The van der Waals surface area contributed by atoms with E-state index in [0.29, 0.717) is 31.7 Å². The molecule has 0 aliphatic carbocycles. The van der Waals surface area contributed by atoms with Crippen LogP contribution in [-0.2, 0) is 16.1 Å². The van der Waals surface area contributed by atoms with Crippen molar-refractivity contribution in [1.29, 1.82) is 0 Å². The minimum atomic E-state index is -0.866. The summed E-state index contributed by atoms with van der Waals surface area (Å²) in [6.07, 6.45) is 3.04. The van der Waals surface area contributed by atoms with Crippen molar-refractivity contribution in [3.63, 3.8) is 0 Å². The highest BCUT2D eigenvalue weighted by atomic mass is 19.1. The molecule has 1 heterocycles. The summed E-state index contributed by atoms with van der Waals surface area (Å²) < 4.78 is 13.5. The molecule has 0 bridgehead atoms. The van der Waals surface area contributed by atoms with Crippen molar-refractivity contribution in [1.82, 2.24) is 4.90 Å². The van der Waals surface area contributed by atoms with E-state index in [2.05, 4.69) is 10.1 Å². The monoisotopic (exact) mass is 410 g/mol. The minimum Gasteiger partial charge on any atom is -0.478 e. The summed E-state index contributed by atoms with van der Waals surface area (Å²) in [5.74, 6) is -1.12. The van der Waals surface area contributed by atoms with Crippen LogP contribution in [0.5, 0.6) is 0 Å². The lowest BCUT2D eigenvalue weighted by Gasteiger charge is -2.24. The number of carboxylic acid groups (broad SMARTS) is 1. The predicted octanol–water partition coefficient (Wildman–Crippen LogP) is 4.12. The van der Waals surface area contributed by atoms with E-state index in [0.717, 1.165) is 40.9 Å². The van der Waals surface area contributed by atoms with Crippen molar-refractivity contribution < 1.29 is 19.1 Å². The molecular weight excluding hydrogens is 383 g/mol. The standard InChI is InChI=1S/C24H27FN2O3/c1-17-6-3-4-8-22(17)23(15-19-9-10-21(25)14-18(19)2)26-30-13-12-27-11-5-7-20(16-27)24(28)29/h3-4,6-10,14H,5,11-13,15-16H2,1-2H3,(H,28,29)/b26-23-. The van der Waals surface area contributed by atoms with Crippen molar-refractivity contribution in [2.45, 2.75) is 26.7 Å². The van der Waals surface area contributed by atoms with E-state index in [1.54, 1.807) is 12.1 Å². The van der Waals surface area contributed by atoms with Gasteiger partial charge in [0, 0.05) is 37.2 Å². The van der Waals surface area contributed by atoms with E-state index in [1.165, 1.54) is 12.1 Å². The average molecular weight is 410 g/mol. The molecule has 2 aromatic rings. The number of halogens is 1. The molecule has 5 nitrogen and oxygen atoms in total. The number of benzene rings is 2. The SMILES string of the molecule is Cc1cc(F)ccc1C/C(=N/OCCN1CCC=C(C(=O)O)C1)c1ccccc1C. The summed E-state index contributed by atoms with van der Waals surface area (Å²) in [4.78, 5) is 18.9. The maximum absolute atomic E-state index is 13.5. The third kappa shape index (κ3) is 5.76. The molecule has 0 radical (unpaired) electrons. The highest BCUT2D eigenvalue weighted by molar-refractivity contribution is 6.02. The molecule has 0 spiro atoms. The molecule has 0 fully saturated rings. The molecule has 1 aliphatic heterocycles. The van der Waals surface area contributed by atoms with Crippen LogP contribution in [0.25, 0.3) is 0 Å². The van der Waals surface area contributed by atoms with Gasteiger partial charge in [-0.15, -0.1) is 0 Å². The number of carboxylic acids is 1. The van der Waals surface area contributed by atoms with E-state index in [4.69, 9.17) is 9.94 Å². The van der Waals surface area contributed by atoms with Gasteiger partial charge in [0.2, 0.25) is 0 Å². The molecule has 2 aromatic carbocycles. The van der Waals surface area contributed by atoms with E-state index < -0.39 is 5.97 Å². The highest BCUT2D eigenvalue weighted by Crippen LogP contribution is 2.17. The lowest BCUT2D eigenvalue weighted by atomic mass is 9.96. The summed E-state index contributed by atoms with van der Waals surface area (Å²) in [5, 5.41) is 13.6. The first-order chi connectivity index (χ1) is 14.4. The Morgan fingerprint density at radius 3 is 2.73 bits per heavy atom. The Kier molecular flexibility index (Phi) is 7.36. The number of hydrogen-bond donors (Lipinski definition) is 1. The maximum atomic E-state index is 13.5.